The molecule has 0 bridgehead atoms. The first kappa shape index (κ1) is 18.9. The first-order valence-electron chi connectivity index (χ1n) is 8.50. The highest BCUT2D eigenvalue weighted by Gasteiger charge is 2.15. The maximum atomic E-state index is 9.45. The monoisotopic (exact) mass is 272 g/mol. The predicted molar refractivity (Wildman–Crippen MR) is 83.3 cm³/mol. The first-order chi connectivity index (χ1) is 9.28. The molecule has 0 aliphatic heterocycles. The van der Waals surface area contributed by atoms with E-state index in [0.29, 0.717) is 11.8 Å². The summed E-state index contributed by atoms with van der Waals surface area (Å²) in [6.07, 6.45) is 13.4. The van der Waals surface area contributed by atoms with Gasteiger partial charge in [0.25, 0.3) is 0 Å². The van der Waals surface area contributed by atoms with Gasteiger partial charge in [-0.2, -0.15) is 0 Å². The molecule has 0 fully saturated rings. The van der Waals surface area contributed by atoms with Gasteiger partial charge in [0.2, 0.25) is 0 Å². The maximum absolute atomic E-state index is 9.45. The molecule has 2 atom stereocenters. The molecule has 0 aromatic rings. The fraction of sp³-hybridized carbons (Fsp3) is 1.00. The molecule has 0 aromatic carbocycles. The lowest BCUT2D eigenvalue weighted by Crippen LogP contribution is -2.16. The van der Waals surface area contributed by atoms with Gasteiger partial charge in [0.15, 0.2) is 0 Å². The molecule has 0 rings (SSSR count). The molecule has 116 valence electrons. The van der Waals surface area contributed by atoms with E-state index < -0.39 is 0 Å². The molecule has 0 saturated heterocycles. The van der Waals surface area contributed by atoms with Crippen LogP contribution in [0.5, 0.6) is 0 Å². The zero-order valence-corrected chi connectivity index (χ0v) is 13.2. The lowest BCUT2D eigenvalue weighted by atomic mass is 9.88. The van der Waals surface area contributed by atoms with Crippen molar-refractivity contribution in [3.63, 3.8) is 0 Å². The molecule has 2 heteroatoms. The van der Waals surface area contributed by atoms with Crippen LogP contribution in [0.15, 0.2) is 0 Å². The average molecular weight is 272 g/mol. The number of unbranched alkanes of at least 4 members (excludes halogenated alkanes) is 6. The molecule has 2 N–H and O–H groups in total. The maximum Gasteiger partial charge on any atom is 0.0459 e. The van der Waals surface area contributed by atoms with Crippen molar-refractivity contribution in [1.29, 1.82) is 0 Å². The largest absolute Gasteiger partial charge is 0.396 e. The summed E-state index contributed by atoms with van der Waals surface area (Å²) in [5, 5.41) is 18.9. The summed E-state index contributed by atoms with van der Waals surface area (Å²) in [6, 6.07) is 0. The Hall–Kier alpha value is -0.0800. The Balaban J connectivity index is 3.76. The van der Waals surface area contributed by atoms with Crippen molar-refractivity contribution in [3.05, 3.63) is 0 Å². The Labute approximate surface area is 120 Å². The van der Waals surface area contributed by atoms with Gasteiger partial charge in [-0.25, -0.2) is 0 Å². The molecule has 0 heterocycles. The third-order valence-electron chi connectivity index (χ3n) is 4.11. The summed E-state index contributed by atoms with van der Waals surface area (Å²) < 4.78 is 0. The zero-order chi connectivity index (χ0) is 14.3. The minimum Gasteiger partial charge on any atom is -0.396 e. The van der Waals surface area contributed by atoms with Crippen LogP contribution in [-0.4, -0.2) is 23.4 Å². The van der Waals surface area contributed by atoms with E-state index in [1.165, 1.54) is 51.4 Å². The number of aliphatic hydroxyl groups excluding tert-OH is 2. The van der Waals surface area contributed by atoms with Gasteiger partial charge < -0.3 is 10.2 Å². The molecule has 0 aromatic heterocycles. The second kappa shape index (κ2) is 14.3. The van der Waals surface area contributed by atoms with Crippen molar-refractivity contribution in [2.45, 2.75) is 84.5 Å². The minimum atomic E-state index is 0.289. The number of hydrogen-bond acceptors (Lipinski definition) is 2. The summed E-state index contributed by atoms with van der Waals surface area (Å²) in [6.45, 7) is 5.03. The molecule has 2 nitrogen and oxygen atoms in total. The van der Waals surface area contributed by atoms with E-state index in [0.717, 1.165) is 19.3 Å². The van der Waals surface area contributed by atoms with Crippen molar-refractivity contribution >= 4 is 0 Å². The van der Waals surface area contributed by atoms with Crippen LogP contribution >= 0.6 is 0 Å². The van der Waals surface area contributed by atoms with Crippen LogP contribution in [0, 0.1) is 11.8 Å². The highest BCUT2D eigenvalue weighted by Crippen LogP contribution is 2.23. The van der Waals surface area contributed by atoms with Crippen LogP contribution < -0.4 is 0 Å². The fourth-order valence-corrected chi connectivity index (χ4v) is 2.76. The van der Waals surface area contributed by atoms with Gasteiger partial charge in [0, 0.05) is 13.2 Å². The number of aliphatic hydroxyl groups is 2. The SMILES string of the molecule is CCCCCCC(CO)CC(CO)CCCCCC. The topological polar surface area (TPSA) is 40.5 Å². The lowest BCUT2D eigenvalue weighted by Gasteiger charge is -2.20. The third kappa shape index (κ3) is 11.4. The van der Waals surface area contributed by atoms with E-state index in [-0.39, 0.29) is 13.2 Å². The molecule has 0 spiro atoms. The molecule has 0 radical (unpaired) electrons. The molecule has 0 aliphatic rings. The van der Waals surface area contributed by atoms with Crippen LogP contribution in [0.3, 0.4) is 0 Å². The van der Waals surface area contributed by atoms with E-state index in [1.807, 2.05) is 0 Å². The van der Waals surface area contributed by atoms with E-state index in [9.17, 15) is 10.2 Å². The van der Waals surface area contributed by atoms with Crippen molar-refractivity contribution in [2.24, 2.45) is 11.8 Å². The molecular weight excluding hydrogens is 236 g/mol. The van der Waals surface area contributed by atoms with Crippen molar-refractivity contribution in [1.82, 2.24) is 0 Å². The average Bonchev–Trinajstić information content (AvgIpc) is 2.44. The Morgan fingerprint density at radius 3 is 1.37 bits per heavy atom. The van der Waals surface area contributed by atoms with E-state index >= 15 is 0 Å². The second-order valence-corrected chi connectivity index (χ2v) is 6.03. The summed E-state index contributed by atoms with van der Waals surface area (Å²) in [4.78, 5) is 0. The standard InChI is InChI=1S/C17H36O2/c1-3-5-7-9-11-16(14-18)13-17(15-19)12-10-8-6-4-2/h16-19H,3-15H2,1-2H3. The van der Waals surface area contributed by atoms with Crippen LogP contribution in [0.4, 0.5) is 0 Å². The third-order valence-corrected chi connectivity index (χ3v) is 4.11. The van der Waals surface area contributed by atoms with E-state index in [1.54, 1.807) is 0 Å². The highest BCUT2D eigenvalue weighted by atomic mass is 16.3. The summed E-state index contributed by atoms with van der Waals surface area (Å²) in [7, 11) is 0. The Morgan fingerprint density at radius 1 is 0.632 bits per heavy atom. The normalized spacial score (nSPS) is 14.5. The van der Waals surface area contributed by atoms with Gasteiger partial charge in [-0.1, -0.05) is 65.2 Å². The summed E-state index contributed by atoms with van der Waals surface area (Å²) in [5.74, 6) is 0.806. The van der Waals surface area contributed by atoms with Crippen LogP contribution in [-0.2, 0) is 0 Å². The van der Waals surface area contributed by atoms with Gasteiger partial charge in [-0.3, -0.25) is 0 Å². The molecular formula is C17H36O2. The lowest BCUT2D eigenvalue weighted by molar-refractivity contribution is 0.147. The van der Waals surface area contributed by atoms with Crippen LogP contribution in [0.1, 0.15) is 84.5 Å². The summed E-state index contributed by atoms with van der Waals surface area (Å²) in [5.41, 5.74) is 0. The number of rotatable bonds is 14. The Morgan fingerprint density at radius 2 is 1.05 bits per heavy atom. The Bertz CT molecular complexity index is 153. The van der Waals surface area contributed by atoms with Crippen LogP contribution in [0.2, 0.25) is 0 Å². The summed E-state index contributed by atoms with van der Waals surface area (Å²) >= 11 is 0. The second-order valence-electron chi connectivity index (χ2n) is 6.03. The van der Waals surface area contributed by atoms with E-state index in [2.05, 4.69) is 13.8 Å². The fourth-order valence-electron chi connectivity index (χ4n) is 2.76. The van der Waals surface area contributed by atoms with Gasteiger partial charge in [0.1, 0.15) is 0 Å². The quantitative estimate of drug-likeness (QED) is 0.456. The molecule has 0 saturated carbocycles. The van der Waals surface area contributed by atoms with Crippen molar-refractivity contribution in [3.8, 4) is 0 Å². The minimum absolute atomic E-state index is 0.289. The number of hydrogen-bond donors (Lipinski definition) is 2. The van der Waals surface area contributed by atoms with E-state index in [4.69, 9.17) is 0 Å². The Kier molecular flexibility index (Phi) is 14.3. The van der Waals surface area contributed by atoms with Gasteiger partial charge in [-0.15, -0.1) is 0 Å². The smallest absolute Gasteiger partial charge is 0.0459 e. The molecule has 0 aliphatic carbocycles. The molecule has 2 unspecified atom stereocenters. The predicted octanol–water partition coefficient (Wildman–Crippen LogP) is 4.53. The zero-order valence-electron chi connectivity index (χ0n) is 13.2. The molecule has 0 amide bonds. The van der Waals surface area contributed by atoms with Gasteiger partial charge in [0.05, 0.1) is 0 Å². The van der Waals surface area contributed by atoms with Crippen molar-refractivity contribution in [2.75, 3.05) is 13.2 Å². The van der Waals surface area contributed by atoms with Crippen molar-refractivity contribution < 1.29 is 10.2 Å². The van der Waals surface area contributed by atoms with Crippen LogP contribution in [0.25, 0.3) is 0 Å². The first-order valence-corrected chi connectivity index (χ1v) is 8.50. The highest BCUT2D eigenvalue weighted by molar-refractivity contribution is 4.66. The van der Waals surface area contributed by atoms with Gasteiger partial charge in [-0.05, 0) is 31.1 Å². The van der Waals surface area contributed by atoms with Gasteiger partial charge >= 0.3 is 0 Å². The molecule has 19 heavy (non-hydrogen) atoms.